The Bertz CT molecular complexity index is 331. The van der Waals surface area contributed by atoms with E-state index in [0.29, 0.717) is 11.3 Å². The molecular weight excluding hydrogens is 144 g/mol. The third-order valence-electron chi connectivity index (χ3n) is 1.50. The molecule has 0 aromatic rings. The van der Waals surface area contributed by atoms with Crippen LogP contribution >= 0.6 is 0 Å². The number of carbonyl (C=O) groups is 2. The van der Waals surface area contributed by atoms with E-state index in [1.165, 1.54) is 12.2 Å². The van der Waals surface area contributed by atoms with Crippen LogP contribution in [0.2, 0.25) is 0 Å². The van der Waals surface area contributed by atoms with Crippen molar-refractivity contribution in [3.05, 3.63) is 35.6 Å². The molecule has 0 unspecified atom stereocenters. The van der Waals surface area contributed by atoms with E-state index in [2.05, 4.69) is 0 Å². The van der Waals surface area contributed by atoms with Gasteiger partial charge in [-0.1, -0.05) is 6.08 Å². The Labute approximate surface area is 62.6 Å². The number of fused-ring (bicyclic) bond motifs is 1. The first-order valence-electron chi connectivity index (χ1n) is 3.14. The van der Waals surface area contributed by atoms with E-state index in [4.69, 9.17) is 4.74 Å². The molecule has 54 valence electrons. The number of hydrogen-bond donors (Lipinski definition) is 0. The maximum Gasteiger partial charge on any atom is 0.337 e. The van der Waals surface area contributed by atoms with Gasteiger partial charge in [-0.15, -0.1) is 0 Å². The molecular formula is C8H4O3. The molecule has 3 nitrogen and oxygen atoms in total. The first-order chi connectivity index (χ1) is 5.27. The van der Waals surface area contributed by atoms with Crippen LogP contribution in [0.5, 0.6) is 0 Å². The Balaban J connectivity index is 2.52. The molecule has 2 rings (SSSR count). The molecule has 1 aliphatic heterocycles. The van der Waals surface area contributed by atoms with Gasteiger partial charge in [0.25, 0.3) is 0 Å². The summed E-state index contributed by atoms with van der Waals surface area (Å²) < 4.78 is 4.69. The predicted molar refractivity (Wildman–Crippen MR) is 36.4 cm³/mol. The minimum absolute atomic E-state index is 0.173. The summed E-state index contributed by atoms with van der Waals surface area (Å²) in [5.41, 5.74) is 0.359. The van der Waals surface area contributed by atoms with Gasteiger partial charge in [0.1, 0.15) is 5.76 Å². The van der Waals surface area contributed by atoms with Gasteiger partial charge < -0.3 is 4.74 Å². The first-order valence-corrected chi connectivity index (χ1v) is 3.14. The van der Waals surface area contributed by atoms with Gasteiger partial charge >= 0.3 is 5.97 Å². The number of ether oxygens (including phenoxy) is 1. The second-order valence-corrected chi connectivity index (χ2v) is 2.23. The molecule has 0 atom stereocenters. The second-order valence-electron chi connectivity index (χ2n) is 2.23. The summed E-state index contributed by atoms with van der Waals surface area (Å²) in [6, 6.07) is 0. The van der Waals surface area contributed by atoms with Gasteiger partial charge in [-0.2, -0.15) is 0 Å². The van der Waals surface area contributed by atoms with E-state index in [1.807, 2.05) is 0 Å². The Hall–Kier alpha value is -1.64. The summed E-state index contributed by atoms with van der Waals surface area (Å²) in [5.74, 6) is -0.279. The Kier molecular flexibility index (Phi) is 1.06. The third kappa shape index (κ3) is 0.816. The molecule has 0 amide bonds. The highest BCUT2D eigenvalue weighted by Gasteiger charge is 2.25. The van der Waals surface area contributed by atoms with Crippen molar-refractivity contribution in [1.82, 2.24) is 0 Å². The molecule has 0 bridgehead atoms. The van der Waals surface area contributed by atoms with Crippen LogP contribution in [-0.2, 0) is 14.3 Å². The van der Waals surface area contributed by atoms with Crippen molar-refractivity contribution in [1.29, 1.82) is 0 Å². The van der Waals surface area contributed by atoms with Gasteiger partial charge in [0.2, 0.25) is 0 Å². The average molecular weight is 148 g/mol. The van der Waals surface area contributed by atoms with Crippen LogP contribution in [0, 0.1) is 0 Å². The molecule has 0 radical (unpaired) electrons. The zero-order chi connectivity index (χ0) is 7.84. The van der Waals surface area contributed by atoms with Crippen LogP contribution in [0.25, 0.3) is 0 Å². The van der Waals surface area contributed by atoms with Crippen LogP contribution in [0.4, 0.5) is 0 Å². The molecule has 0 aromatic heterocycles. The van der Waals surface area contributed by atoms with Gasteiger partial charge in [0.05, 0.1) is 5.57 Å². The molecule has 11 heavy (non-hydrogen) atoms. The van der Waals surface area contributed by atoms with E-state index in [-0.39, 0.29) is 5.78 Å². The summed E-state index contributed by atoms with van der Waals surface area (Å²) in [6.45, 7) is 0. The van der Waals surface area contributed by atoms with Crippen molar-refractivity contribution in [2.24, 2.45) is 0 Å². The van der Waals surface area contributed by atoms with Crippen molar-refractivity contribution in [2.75, 3.05) is 0 Å². The normalized spacial score (nSPS) is 20.7. The quantitative estimate of drug-likeness (QED) is 0.469. The zero-order valence-electron chi connectivity index (χ0n) is 5.53. The standard InChI is InChI=1S/C8H4O3/c9-6-2-1-3-7-5(6)4-8(10)11-7/h1-4H. The van der Waals surface area contributed by atoms with Crippen molar-refractivity contribution in [3.63, 3.8) is 0 Å². The maximum absolute atomic E-state index is 11.0. The second kappa shape index (κ2) is 1.92. The minimum Gasteiger partial charge on any atom is -0.423 e. The van der Waals surface area contributed by atoms with E-state index in [9.17, 15) is 9.59 Å². The first kappa shape index (κ1) is 6.09. The van der Waals surface area contributed by atoms with Gasteiger partial charge in [-0.25, -0.2) is 4.79 Å². The Morgan fingerprint density at radius 2 is 2.09 bits per heavy atom. The monoisotopic (exact) mass is 148 g/mol. The van der Waals surface area contributed by atoms with E-state index in [0.717, 1.165) is 0 Å². The third-order valence-corrected chi connectivity index (χ3v) is 1.50. The van der Waals surface area contributed by atoms with E-state index < -0.39 is 5.97 Å². The number of esters is 1. The lowest BCUT2D eigenvalue weighted by Crippen LogP contribution is -2.02. The number of ketones is 1. The van der Waals surface area contributed by atoms with Crippen molar-refractivity contribution in [3.8, 4) is 0 Å². The molecule has 0 fully saturated rings. The zero-order valence-corrected chi connectivity index (χ0v) is 5.53. The smallest absolute Gasteiger partial charge is 0.337 e. The lowest BCUT2D eigenvalue weighted by molar-refractivity contribution is -0.132. The largest absolute Gasteiger partial charge is 0.423 e. The van der Waals surface area contributed by atoms with Crippen LogP contribution in [0.15, 0.2) is 35.6 Å². The highest BCUT2D eigenvalue weighted by molar-refractivity contribution is 6.13. The van der Waals surface area contributed by atoms with Crippen LogP contribution in [0.3, 0.4) is 0 Å². The molecule has 0 aromatic carbocycles. The summed E-state index contributed by atoms with van der Waals surface area (Å²) >= 11 is 0. The Morgan fingerprint density at radius 3 is 2.82 bits per heavy atom. The van der Waals surface area contributed by atoms with Gasteiger partial charge in [0, 0.05) is 6.08 Å². The molecule has 0 saturated carbocycles. The predicted octanol–water partition coefficient (Wildman–Crippen LogP) is 0.492. The number of carbonyl (C=O) groups excluding carboxylic acids is 2. The highest BCUT2D eigenvalue weighted by Crippen LogP contribution is 2.23. The molecule has 0 N–H and O–H groups in total. The van der Waals surface area contributed by atoms with Gasteiger partial charge in [0.15, 0.2) is 5.78 Å². The van der Waals surface area contributed by atoms with Crippen LogP contribution in [-0.4, -0.2) is 11.8 Å². The average Bonchev–Trinajstić information content (AvgIpc) is 2.31. The van der Waals surface area contributed by atoms with E-state index >= 15 is 0 Å². The van der Waals surface area contributed by atoms with Crippen molar-refractivity contribution in [2.45, 2.75) is 0 Å². The molecule has 1 heterocycles. The highest BCUT2D eigenvalue weighted by atomic mass is 16.5. The minimum atomic E-state index is -0.469. The topological polar surface area (TPSA) is 43.4 Å². The Morgan fingerprint density at radius 1 is 1.27 bits per heavy atom. The molecule has 0 spiro atoms. The summed E-state index contributed by atoms with van der Waals surface area (Å²) in [5, 5.41) is 0. The molecule has 0 saturated heterocycles. The summed E-state index contributed by atoms with van der Waals surface area (Å²) in [7, 11) is 0. The summed E-state index contributed by atoms with van der Waals surface area (Å²) in [6.07, 6.45) is 5.76. The van der Waals surface area contributed by atoms with E-state index in [1.54, 1.807) is 12.2 Å². The fraction of sp³-hybridized carbons (Fsp3) is 0. The van der Waals surface area contributed by atoms with Crippen LogP contribution < -0.4 is 0 Å². The van der Waals surface area contributed by atoms with Crippen LogP contribution in [0.1, 0.15) is 0 Å². The molecule has 3 heteroatoms. The SMILES string of the molecule is O=C1C=C2C(=O)C=CC=C2O1. The maximum atomic E-state index is 11.0. The van der Waals surface area contributed by atoms with Crippen molar-refractivity contribution >= 4 is 11.8 Å². The lowest BCUT2D eigenvalue weighted by Gasteiger charge is -2.01. The van der Waals surface area contributed by atoms with Gasteiger partial charge in [-0.3, -0.25) is 4.79 Å². The van der Waals surface area contributed by atoms with Crippen molar-refractivity contribution < 1.29 is 14.3 Å². The van der Waals surface area contributed by atoms with Gasteiger partial charge in [-0.05, 0) is 12.2 Å². The number of hydrogen-bond acceptors (Lipinski definition) is 3. The molecule has 2 aliphatic rings. The molecule has 1 aliphatic carbocycles. The number of allylic oxidation sites excluding steroid dienone is 4. The fourth-order valence-corrected chi connectivity index (χ4v) is 1.01. The summed E-state index contributed by atoms with van der Waals surface area (Å²) in [4.78, 5) is 21.6. The lowest BCUT2D eigenvalue weighted by atomic mass is 10.1. The fourth-order valence-electron chi connectivity index (χ4n) is 1.01. The number of rotatable bonds is 0.